The van der Waals surface area contributed by atoms with Crippen molar-refractivity contribution in [3.63, 3.8) is 0 Å². The van der Waals surface area contributed by atoms with Crippen LogP contribution in [0.4, 0.5) is 0 Å². The van der Waals surface area contributed by atoms with Crippen molar-refractivity contribution in [1.82, 2.24) is 4.57 Å². The first-order valence-corrected chi connectivity index (χ1v) is 5.04. The van der Waals surface area contributed by atoms with Crippen molar-refractivity contribution in [3.05, 3.63) is 33.5 Å². The van der Waals surface area contributed by atoms with Crippen molar-refractivity contribution >= 4 is 16.7 Å². The third kappa shape index (κ3) is 1.30. The number of nitrogens with zero attached hydrogens (tertiary/aromatic N) is 1. The van der Waals surface area contributed by atoms with Crippen LogP contribution >= 0.6 is 0 Å². The number of aryl methyl sites for hydroxylation is 3. The molecule has 0 fully saturated rings. The minimum absolute atomic E-state index is 0.0479. The van der Waals surface area contributed by atoms with Gasteiger partial charge in [0.2, 0.25) is 0 Å². The summed E-state index contributed by atoms with van der Waals surface area (Å²) in [5.41, 5.74) is 1.62. The zero-order valence-corrected chi connectivity index (χ0v) is 9.75. The number of ketones is 1. The predicted octanol–water partition coefficient (Wildman–Crippen LogP) is 1.95. The van der Waals surface area contributed by atoms with E-state index in [1.807, 2.05) is 0 Å². The fraction of sp³-hybridized carbons (Fsp3) is 0.333. The minimum atomic E-state index is -0.379. The lowest BCUT2D eigenvalue weighted by atomic mass is 10.1. The van der Waals surface area contributed by atoms with E-state index in [0.29, 0.717) is 22.4 Å². The van der Waals surface area contributed by atoms with E-state index in [9.17, 15) is 9.59 Å². The van der Waals surface area contributed by atoms with Crippen LogP contribution in [0.15, 0.2) is 15.3 Å². The molecule has 0 aliphatic carbocycles. The molecule has 0 aliphatic heterocycles. The first-order valence-electron chi connectivity index (χ1n) is 5.04. The molecule has 4 nitrogen and oxygen atoms in total. The fourth-order valence-electron chi connectivity index (χ4n) is 2.20. The van der Waals surface area contributed by atoms with Crippen LogP contribution in [0, 0.1) is 13.8 Å². The van der Waals surface area contributed by atoms with Crippen LogP contribution in [0.5, 0.6) is 0 Å². The van der Waals surface area contributed by atoms with Gasteiger partial charge in [-0.15, -0.1) is 0 Å². The van der Waals surface area contributed by atoms with E-state index in [1.165, 1.54) is 6.92 Å². The maximum absolute atomic E-state index is 11.7. The van der Waals surface area contributed by atoms with Crippen LogP contribution in [0.2, 0.25) is 0 Å². The van der Waals surface area contributed by atoms with Crippen LogP contribution in [0.1, 0.15) is 28.7 Å². The van der Waals surface area contributed by atoms with Gasteiger partial charge in [-0.2, -0.15) is 0 Å². The zero-order chi connectivity index (χ0) is 12.0. The van der Waals surface area contributed by atoms with Crippen LogP contribution in [-0.4, -0.2) is 10.4 Å². The van der Waals surface area contributed by atoms with Gasteiger partial charge in [-0.05, 0) is 19.4 Å². The van der Waals surface area contributed by atoms with E-state index in [2.05, 4.69) is 0 Å². The molecule has 0 radical (unpaired) electrons. The highest BCUT2D eigenvalue weighted by atomic mass is 16.4. The number of rotatable bonds is 1. The Labute approximate surface area is 92.5 Å². The minimum Gasteiger partial charge on any atom is -0.428 e. The van der Waals surface area contributed by atoms with Gasteiger partial charge in [0, 0.05) is 20.0 Å². The molecule has 0 saturated carbocycles. The third-order valence-corrected chi connectivity index (χ3v) is 2.81. The first-order chi connectivity index (χ1) is 7.43. The van der Waals surface area contributed by atoms with Gasteiger partial charge in [0.05, 0.1) is 16.6 Å². The third-order valence-electron chi connectivity index (χ3n) is 2.81. The molecule has 16 heavy (non-hydrogen) atoms. The molecule has 2 aromatic heterocycles. The lowest BCUT2D eigenvalue weighted by Crippen LogP contribution is -2.02. The van der Waals surface area contributed by atoms with E-state index in [1.54, 1.807) is 31.5 Å². The fourth-order valence-corrected chi connectivity index (χ4v) is 2.20. The number of aromatic nitrogens is 1. The Balaban J connectivity index is 3.05. The van der Waals surface area contributed by atoms with E-state index in [0.717, 1.165) is 5.52 Å². The molecule has 0 spiro atoms. The molecule has 0 aromatic carbocycles. The number of carbonyl (C=O) groups excluding carboxylic acids is 1. The van der Waals surface area contributed by atoms with Crippen molar-refractivity contribution in [2.24, 2.45) is 7.05 Å². The lowest BCUT2D eigenvalue weighted by molar-refractivity contribution is 0.101. The molecule has 84 valence electrons. The molecular weight excluding hydrogens is 206 g/mol. The molecule has 0 saturated heterocycles. The van der Waals surface area contributed by atoms with Gasteiger partial charge in [-0.3, -0.25) is 4.79 Å². The summed E-state index contributed by atoms with van der Waals surface area (Å²) in [5, 5.41) is 0.498. The van der Waals surface area contributed by atoms with Gasteiger partial charge in [0.25, 0.3) is 0 Å². The normalized spacial score (nSPS) is 11.0. The van der Waals surface area contributed by atoms with Crippen LogP contribution in [-0.2, 0) is 7.05 Å². The summed E-state index contributed by atoms with van der Waals surface area (Å²) in [6.07, 6.45) is 0. The van der Waals surface area contributed by atoms with Gasteiger partial charge in [-0.1, -0.05) is 0 Å². The number of hydrogen-bond acceptors (Lipinski definition) is 3. The number of hydrogen-bond donors (Lipinski definition) is 0. The maximum Gasteiger partial charge on any atom is 0.345 e. The molecular formula is C12H13NO3. The Bertz CT molecular complexity index is 646. The summed E-state index contributed by atoms with van der Waals surface area (Å²) in [5.74, 6) is 0.501. The summed E-state index contributed by atoms with van der Waals surface area (Å²) in [6, 6.07) is 1.77. The van der Waals surface area contributed by atoms with Gasteiger partial charge in [0.1, 0.15) is 5.76 Å². The molecule has 0 unspecified atom stereocenters. The van der Waals surface area contributed by atoms with Crippen molar-refractivity contribution in [2.75, 3.05) is 0 Å². The van der Waals surface area contributed by atoms with Gasteiger partial charge in [-0.25, -0.2) is 4.79 Å². The Hall–Kier alpha value is -1.84. The van der Waals surface area contributed by atoms with Crippen LogP contribution < -0.4 is 5.63 Å². The average Bonchev–Trinajstić information content (AvgIpc) is 2.38. The van der Waals surface area contributed by atoms with Crippen LogP contribution in [0.25, 0.3) is 10.9 Å². The summed E-state index contributed by atoms with van der Waals surface area (Å²) in [7, 11) is 1.78. The van der Waals surface area contributed by atoms with E-state index in [-0.39, 0.29) is 11.4 Å². The number of fused-ring (bicyclic) bond motifs is 1. The second-order valence-electron chi connectivity index (χ2n) is 3.99. The number of Topliss-reactive ketones (excluding diaryl/α,β-unsaturated/α-hetero) is 1. The van der Waals surface area contributed by atoms with E-state index in [4.69, 9.17) is 4.42 Å². The van der Waals surface area contributed by atoms with Gasteiger partial charge < -0.3 is 8.98 Å². The SMILES string of the molecule is CC(=O)c1c(C)c2c(=O)oc(C)cc2n1C. The predicted molar refractivity (Wildman–Crippen MR) is 60.9 cm³/mol. The Kier molecular flexibility index (Phi) is 2.22. The van der Waals surface area contributed by atoms with Gasteiger partial charge in [0.15, 0.2) is 5.78 Å². The zero-order valence-electron chi connectivity index (χ0n) is 9.75. The summed E-state index contributed by atoms with van der Waals surface area (Å²) < 4.78 is 6.79. The topological polar surface area (TPSA) is 52.2 Å². The first kappa shape index (κ1) is 10.7. The van der Waals surface area contributed by atoms with Crippen LogP contribution in [0.3, 0.4) is 0 Å². The molecule has 0 bridgehead atoms. The van der Waals surface area contributed by atoms with Crippen molar-refractivity contribution in [2.45, 2.75) is 20.8 Å². The smallest absolute Gasteiger partial charge is 0.345 e. The number of carbonyl (C=O) groups is 1. The van der Waals surface area contributed by atoms with Gasteiger partial charge >= 0.3 is 5.63 Å². The Morgan fingerprint density at radius 1 is 1.38 bits per heavy atom. The highest BCUT2D eigenvalue weighted by molar-refractivity contribution is 6.01. The molecule has 0 aliphatic rings. The maximum atomic E-state index is 11.7. The quantitative estimate of drug-likeness (QED) is 0.689. The second kappa shape index (κ2) is 3.33. The highest BCUT2D eigenvalue weighted by Gasteiger charge is 2.18. The largest absolute Gasteiger partial charge is 0.428 e. The second-order valence-corrected chi connectivity index (χ2v) is 3.99. The monoisotopic (exact) mass is 219 g/mol. The average molecular weight is 219 g/mol. The Morgan fingerprint density at radius 3 is 2.56 bits per heavy atom. The Morgan fingerprint density at radius 2 is 2.00 bits per heavy atom. The summed E-state index contributed by atoms with van der Waals surface area (Å²) >= 11 is 0. The molecule has 0 amide bonds. The molecule has 4 heteroatoms. The molecule has 0 atom stereocenters. The van der Waals surface area contributed by atoms with E-state index >= 15 is 0 Å². The molecule has 2 aromatic rings. The van der Waals surface area contributed by atoms with E-state index < -0.39 is 0 Å². The molecule has 2 heterocycles. The molecule has 0 N–H and O–H groups in total. The van der Waals surface area contributed by atoms with Crippen molar-refractivity contribution in [3.8, 4) is 0 Å². The summed E-state index contributed by atoms with van der Waals surface area (Å²) in [6.45, 7) is 4.98. The van der Waals surface area contributed by atoms with Crippen molar-refractivity contribution < 1.29 is 9.21 Å². The standard InChI is InChI=1S/C12H13NO3/c1-6-5-9-10(12(15)16-6)7(2)11(8(3)14)13(9)4/h5H,1-4H3. The molecule has 2 rings (SSSR count). The highest BCUT2D eigenvalue weighted by Crippen LogP contribution is 2.22. The lowest BCUT2D eigenvalue weighted by Gasteiger charge is -2.00. The summed E-state index contributed by atoms with van der Waals surface area (Å²) in [4.78, 5) is 23.2. The van der Waals surface area contributed by atoms with Crippen molar-refractivity contribution in [1.29, 1.82) is 0 Å².